The minimum absolute atomic E-state index is 0.179. The minimum atomic E-state index is 0.179. The quantitative estimate of drug-likeness (QED) is 0.330. The van der Waals surface area contributed by atoms with Gasteiger partial charge in [-0.2, -0.15) is 0 Å². The zero-order chi connectivity index (χ0) is 12.8. The third kappa shape index (κ3) is 2.97. The van der Waals surface area contributed by atoms with Gasteiger partial charge in [0.15, 0.2) is 0 Å². The van der Waals surface area contributed by atoms with Gasteiger partial charge in [0.25, 0.3) is 0 Å². The van der Waals surface area contributed by atoms with Crippen LogP contribution in [0.3, 0.4) is 0 Å². The minimum Gasteiger partial charge on any atom is -0.275 e. The Kier molecular flexibility index (Phi) is 4.11. The second-order valence-corrected chi connectivity index (χ2v) is 4.42. The Morgan fingerprint density at radius 3 is 2.00 bits per heavy atom. The zero-order valence-corrected chi connectivity index (χ0v) is 10.0. The fraction of sp³-hybridized carbons (Fsp3) is 0.889. The van der Waals surface area contributed by atoms with Crippen molar-refractivity contribution >= 4 is 5.96 Å². The van der Waals surface area contributed by atoms with Gasteiger partial charge in [0.05, 0.1) is 38.3 Å². The Morgan fingerprint density at radius 2 is 1.56 bits per heavy atom. The summed E-state index contributed by atoms with van der Waals surface area (Å²) < 4.78 is 2.24. The largest absolute Gasteiger partial charge is 0.346 e. The number of azide groups is 2. The first-order valence-corrected chi connectivity index (χ1v) is 6.00. The smallest absolute Gasteiger partial charge is 0.275 e. The molecule has 0 aromatic carbocycles. The Morgan fingerprint density at radius 1 is 1.06 bits per heavy atom. The maximum absolute atomic E-state index is 8.32. The summed E-state index contributed by atoms with van der Waals surface area (Å²) in [5.74, 6) is 0.962. The van der Waals surface area contributed by atoms with Gasteiger partial charge in [0.2, 0.25) is 0 Å². The number of nitrogens with one attached hydrogen (secondary N) is 2. The molecule has 2 heterocycles. The first kappa shape index (κ1) is 12.3. The van der Waals surface area contributed by atoms with Crippen LogP contribution in [0.15, 0.2) is 10.2 Å². The molecule has 0 saturated carbocycles. The number of hydrogen-bond donors (Lipinski definition) is 2. The van der Waals surface area contributed by atoms with Crippen molar-refractivity contribution in [3.8, 4) is 0 Å². The van der Waals surface area contributed by atoms with Crippen LogP contribution in [0.4, 0.5) is 0 Å². The molecule has 0 bridgehead atoms. The summed E-state index contributed by atoms with van der Waals surface area (Å²) in [5.41, 5.74) is 16.6. The molecule has 18 heavy (non-hydrogen) atoms. The molecule has 96 valence electrons. The van der Waals surface area contributed by atoms with Crippen LogP contribution in [-0.2, 0) is 0 Å². The van der Waals surface area contributed by atoms with Crippen LogP contribution >= 0.6 is 0 Å². The molecule has 2 aliphatic heterocycles. The highest BCUT2D eigenvalue weighted by Crippen LogP contribution is 2.07. The van der Waals surface area contributed by atoms with E-state index in [1.54, 1.807) is 0 Å². The summed E-state index contributed by atoms with van der Waals surface area (Å²) in [5, 5.41) is 13.8. The van der Waals surface area contributed by atoms with Crippen LogP contribution in [0.25, 0.3) is 20.9 Å². The molecular formula is C9H16N9+. The summed E-state index contributed by atoms with van der Waals surface area (Å²) in [4.78, 5) is 5.55. The predicted molar refractivity (Wildman–Crippen MR) is 66.1 cm³/mol. The van der Waals surface area contributed by atoms with E-state index < -0.39 is 0 Å². The molecule has 0 radical (unpaired) electrons. The molecule has 0 saturated heterocycles. The highest BCUT2D eigenvalue weighted by atomic mass is 15.3. The van der Waals surface area contributed by atoms with Gasteiger partial charge in [-0.1, -0.05) is 10.2 Å². The van der Waals surface area contributed by atoms with E-state index in [1.807, 2.05) is 0 Å². The van der Waals surface area contributed by atoms with Crippen LogP contribution in [0, 0.1) is 0 Å². The molecule has 9 nitrogen and oxygen atoms in total. The van der Waals surface area contributed by atoms with Gasteiger partial charge < -0.3 is 0 Å². The van der Waals surface area contributed by atoms with Crippen molar-refractivity contribution in [2.24, 2.45) is 10.2 Å². The fourth-order valence-electron chi connectivity index (χ4n) is 2.26. The Bertz CT molecular complexity index is 391. The van der Waals surface area contributed by atoms with Crippen molar-refractivity contribution in [3.63, 3.8) is 0 Å². The molecule has 2 atom stereocenters. The van der Waals surface area contributed by atoms with E-state index in [1.165, 1.54) is 0 Å². The van der Waals surface area contributed by atoms with Crippen molar-refractivity contribution in [2.75, 3.05) is 26.2 Å². The highest BCUT2D eigenvalue weighted by Gasteiger charge is 2.30. The first-order chi connectivity index (χ1) is 8.83. The lowest BCUT2D eigenvalue weighted by molar-refractivity contribution is -0.542. The predicted octanol–water partition coefficient (Wildman–Crippen LogP) is 0.699. The van der Waals surface area contributed by atoms with E-state index in [0.717, 1.165) is 31.9 Å². The average Bonchev–Trinajstić information content (AvgIpc) is 2.42. The average molecular weight is 250 g/mol. The topological polar surface area (TPSA) is 125 Å². The standard InChI is InChI=1S/C9H15N9/c10-16-12-5-7-1-3-18-4-2-8(6-13-17-11)15-9(18)14-7/h7-8H,1-6H2,(H,14,15)/p+1/t7-,8-/m0/s1. The molecule has 0 spiro atoms. The van der Waals surface area contributed by atoms with E-state index in [-0.39, 0.29) is 12.1 Å². The molecule has 2 aliphatic rings. The van der Waals surface area contributed by atoms with E-state index >= 15 is 0 Å². The van der Waals surface area contributed by atoms with E-state index in [2.05, 4.69) is 35.3 Å². The van der Waals surface area contributed by atoms with Gasteiger partial charge in [0.1, 0.15) is 0 Å². The van der Waals surface area contributed by atoms with Crippen LogP contribution in [0.2, 0.25) is 0 Å². The van der Waals surface area contributed by atoms with Crippen molar-refractivity contribution < 1.29 is 4.58 Å². The van der Waals surface area contributed by atoms with Crippen molar-refractivity contribution in [2.45, 2.75) is 24.9 Å². The Balaban J connectivity index is 1.95. The lowest BCUT2D eigenvalue weighted by Crippen LogP contribution is -2.60. The molecule has 0 aromatic heterocycles. The van der Waals surface area contributed by atoms with Gasteiger partial charge in [-0.25, -0.2) is 0 Å². The monoisotopic (exact) mass is 250 g/mol. The summed E-state index contributed by atoms with van der Waals surface area (Å²) in [6.07, 6.45) is 1.93. The third-order valence-corrected chi connectivity index (χ3v) is 3.22. The molecule has 0 fully saturated rings. The van der Waals surface area contributed by atoms with Crippen molar-refractivity contribution in [1.82, 2.24) is 10.6 Å². The second-order valence-electron chi connectivity index (χ2n) is 4.42. The normalized spacial score (nSPS) is 26.0. The molecule has 0 aliphatic carbocycles. The summed E-state index contributed by atoms with van der Waals surface area (Å²) >= 11 is 0. The van der Waals surface area contributed by atoms with Crippen LogP contribution in [0.5, 0.6) is 0 Å². The molecule has 0 unspecified atom stereocenters. The summed E-state index contributed by atoms with van der Waals surface area (Å²) in [6.45, 7) is 2.82. The molecule has 2 N–H and O–H groups in total. The van der Waals surface area contributed by atoms with Gasteiger partial charge in [-0.15, -0.1) is 0 Å². The molecule has 2 rings (SSSR count). The fourth-order valence-corrected chi connectivity index (χ4v) is 2.26. The maximum atomic E-state index is 8.32. The van der Waals surface area contributed by atoms with E-state index in [4.69, 9.17) is 11.1 Å². The molecular weight excluding hydrogens is 234 g/mol. The lowest BCUT2D eigenvalue weighted by Gasteiger charge is -2.30. The summed E-state index contributed by atoms with van der Waals surface area (Å²) in [7, 11) is 0. The second kappa shape index (κ2) is 6.00. The van der Waals surface area contributed by atoms with Crippen molar-refractivity contribution in [3.05, 3.63) is 20.9 Å². The number of hydrogen-bond acceptors (Lipinski definition) is 4. The van der Waals surface area contributed by atoms with Gasteiger partial charge in [-0.05, 0) is 11.1 Å². The van der Waals surface area contributed by atoms with Crippen LogP contribution < -0.4 is 10.6 Å². The zero-order valence-electron chi connectivity index (χ0n) is 10.0. The highest BCUT2D eigenvalue weighted by molar-refractivity contribution is 5.76. The third-order valence-electron chi connectivity index (χ3n) is 3.22. The molecule has 0 aromatic rings. The molecule has 0 amide bonds. The first-order valence-electron chi connectivity index (χ1n) is 6.00. The van der Waals surface area contributed by atoms with Gasteiger partial charge >= 0.3 is 5.96 Å². The SMILES string of the molecule is [N-]=[N+]=NC[C@@H]1CC[N+]2=C(N1)N[C@H](CN=[N+]=[N-])CC2. The number of nitrogens with zero attached hydrogens (tertiary/aromatic N) is 7. The number of rotatable bonds is 4. The molecule has 9 heteroatoms. The van der Waals surface area contributed by atoms with Crippen molar-refractivity contribution in [1.29, 1.82) is 0 Å². The lowest BCUT2D eigenvalue weighted by atomic mass is 10.1. The van der Waals surface area contributed by atoms with E-state index in [9.17, 15) is 0 Å². The Hall–Kier alpha value is -2.11. The van der Waals surface area contributed by atoms with Crippen LogP contribution in [0.1, 0.15) is 12.8 Å². The number of guanidine groups is 1. The van der Waals surface area contributed by atoms with E-state index in [0.29, 0.717) is 13.1 Å². The van der Waals surface area contributed by atoms with Gasteiger partial charge in [0, 0.05) is 22.7 Å². The Labute approximate surface area is 104 Å². The maximum Gasteiger partial charge on any atom is 0.346 e. The van der Waals surface area contributed by atoms with Gasteiger partial charge in [-0.3, -0.25) is 15.2 Å². The summed E-state index contributed by atoms with van der Waals surface area (Å²) in [6, 6.07) is 0.357. The van der Waals surface area contributed by atoms with Crippen LogP contribution in [-0.4, -0.2) is 48.8 Å².